The molecule has 146 valence electrons. The number of methoxy groups -OCH3 is 1. The maximum atomic E-state index is 12.8. The number of aliphatic imine (C=N–C) groups is 1. The van der Waals surface area contributed by atoms with Crippen LogP contribution in [0.4, 0.5) is 11.6 Å². The van der Waals surface area contributed by atoms with Gasteiger partial charge in [0, 0.05) is 24.0 Å². The van der Waals surface area contributed by atoms with Crippen LogP contribution in [-0.2, 0) is 6.42 Å². The van der Waals surface area contributed by atoms with E-state index in [4.69, 9.17) is 9.73 Å². The van der Waals surface area contributed by atoms with E-state index in [2.05, 4.69) is 33.4 Å². The van der Waals surface area contributed by atoms with Crippen LogP contribution in [0.15, 0.2) is 64.4 Å². The zero-order chi connectivity index (χ0) is 20.0. The fourth-order valence-corrected chi connectivity index (χ4v) is 3.93. The molecule has 1 aromatic heterocycles. The van der Waals surface area contributed by atoms with Crippen LogP contribution in [0, 0.1) is 6.92 Å². The number of rotatable bonds is 2. The fraction of sp³-hybridized carbons (Fsp3) is 0.227. The Morgan fingerprint density at radius 2 is 1.93 bits per heavy atom. The molecular formula is C22H21N5O2. The molecule has 1 N–H and O–H groups in total. The molecule has 1 atom stereocenters. The monoisotopic (exact) mass is 387 g/mol. The predicted molar refractivity (Wildman–Crippen MR) is 113 cm³/mol. The van der Waals surface area contributed by atoms with E-state index in [1.165, 1.54) is 11.6 Å². The molecule has 0 saturated carbocycles. The van der Waals surface area contributed by atoms with Crippen LogP contribution >= 0.6 is 0 Å². The van der Waals surface area contributed by atoms with Crippen molar-refractivity contribution in [2.45, 2.75) is 19.5 Å². The third kappa shape index (κ3) is 2.95. The van der Waals surface area contributed by atoms with Crippen molar-refractivity contribution in [3.05, 3.63) is 81.8 Å². The van der Waals surface area contributed by atoms with E-state index >= 15 is 0 Å². The number of hydrogen-bond donors (Lipinski definition) is 1. The first-order chi connectivity index (χ1) is 14.1. The summed E-state index contributed by atoms with van der Waals surface area (Å²) in [5.41, 5.74) is 3.86. The summed E-state index contributed by atoms with van der Waals surface area (Å²) < 4.78 is 6.87. The third-order valence-corrected chi connectivity index (χ3v) is 5.35. The van der Waals surface area contributed by atoms with Gasteiger partial charge in [0.1, 0.15) is 5.75 Å². The molecule has 2 aromatic carbocycles. The maximum absolute atomic E-state index is 12.8. The number of nitrogens with zero attached hydrogens (tertiary/aromatic N) is 4. The van der Waals surface area contributed by atoms with Crippen LogP contribution in [-0.4, -0.2) is 29.2 Å². The lowest BCUT2D eigenvalue weighted by molar-refractivity contribution is 0.414. The van der Waals surface area contributed by atoms with Crippen molar-refractivity contribution in [2.24, 2.45) is 4.99 Å². The first kappa shape index (κ1) is 17.5. The van der Waals surface area contributed by atoms with Gasteiger partial charge in [-0.25, -0.2) is 9.98 Å². The molecule has 0 radical (unpaired) electrons. The Labute approximate surface area is 168 Å². The average Bonchev–Trinajstić information content (AvgIpc) is 3.17. The number of guanidine groups is 1. The number of para-hydroxylation sites is 1. The minimum absolute atomic E-state index is 0.134. The Kier molecular flexibility index (Phi) is 4.08. The van der Waals surface area contributed by atoms with Gasteiger partial charge in [-0.05, 0) is 42.7 Å². The first-order valence-electron chi connectivity index (χ1n) is 9.58. The molecule has 0 spiro atoms. The van der Waals surface area contributed by atoms with Gasteiger partial charge in [0.25, 0.3) is 5.56 Å². The van der Waals surface area contributed by atoms with Gasteiger partial charge in [-0.15, -0.1) is 0 Å². The molecule has 3 heterocycles. The van der Waals surface area contributed by atoms with Crippen molar-refractivity contribution in [2.75, 3.05) is 23.9 Å². The van der Waals surface area contributed by atoms with Gasteiger partial charge >= 0.3 is 0 Å². The minimum Gasteiger partial charge on any atom is -0.497 e. The molecule has 2 aliphatic rings. The summed E-state index contributed by atoms with van der Waals surface area (Å²) in [7, 11) is 1.63. The van der Waals surface area contributed by atoms with E-state index in [1.807, 2.05) is 37.3 Å². The van der Waals surface area contributed by atoms with Crippen molar-refractivity contribution in [3.8, 4) is 5.75 Å². The summed E-state index contributed by atoms with van der Waals surface area (Å²) in [6.07, 6.45) is 0.457. The Morgan fingerprint density at radius 1 is 1.14 bits per heavy atom. The fourth-order valence-electron chi connectivity index (χ4n) is 3.93. The molecule has 3 aromatic rings. The Morgan fingerprint density at radius 3 is 2.72 bits per heavy atom. The van der Waals surface area contributed by atoms with E-state index in [9.17, 15) is 4.79 Å². The molecule has 29 heavy (non-hydrogen) atoms. The van der Waals surface area contributed by atoms with Crippen LogP contribution in [0.1, 0.15) is 23.0 Å². The normalized spacial score (nSPS) is 17.2. The number of hydrogen-bond acceptors (Lipinski definition) is 6. The van der Waals surface area contributed by atoms with Gasteiger partial charge in [0.2, 0.25) is 11.9 Å². The SMILES string of the molecule is COc1ccc(C2N=C(N3CCc4ccccc43)Nc3nc(C)cc(=O)n32)cc1. The van der Waals surface area contributed by atoms with Crippen molar-refractivity contribution in [3.63, 3.8) is 0 Å². The third-order valence-electron chi connectivity index (χ3n) is 5.35. The van der Waals surface area contributed by atoms with Crippen molar-refractivity contribution >= 4 is 17.6 Å². The molecule has 0 fully saturated rings. The number of aryl methyl sites for hydroxylation is 1. The van der Waals surface area contributed by atoms with Gasteiger partial charge < -0.3 is 9.64 Å². The van der Waals surface area contributed by atoms with Gasteiger partial charge in [0.05, 0.1) is 7.11 Å². The summed E-state index contributed by atoms with van der Waals surface area (Å²) in [6.45, 7) is 2.65. The molecule has 7 heteroatoms. The van der Waals surface area contributed by atoms with Gasteiger partial charge in [-0.3, -0.25) is 14.7 Å². The van der Waals surface area contributed by atoms with E-state index < -0.39 is 6.17 Å². The smallest absolute Gasteiger partial charge is 0.257 e. The summed E-state index contributed by atoms with van der Waals surface area (Å²) in [6, 6.07) is 17.5. The predicted octanol–water partition coefficient (Wildman–Crippen LogP) is 2.95. The summed E-state index contributed by atoms with van der Waals surface area (Å²) in [4.78, 5) is 24.5. The summed E-state index contributed by atoms with van der Waals surface area (Å²) in [5.74, 6) is 1.97. The van der Waals surface area contributed by atoms with Crippen molar-refractivity contribution < 1.29 is 4.74 Å². The van der Waals surface area contributed by atoms with Crippen LogP contribution in [0.3, 0.4) is 0 Å². The highest BCUT2D eigenvalue weighted by atomic mass is 16.5. The quantitative estimate of drug-likeness (QED) is 0.732. The van der Waals surface area contributed by atoms with E-state index in [-0.39, 0.29) is 5.56 Å². The Balaban J connectivity index is 1.64. The van der Waals surface area contributed by atoms with Crippen LogP contribution in [0.2, 0.25) is 0 Å². The van der Waals surface area contributed by atoms with Gasteiger partial charge in [-0.2, -0.15) is 0 Å². The largest absolute Gasteiger partial charge is 0.497 e. The van der Waals surface area contributed by atoms with Gasteiger partial charge in [0.15, 0.2) is 6.17 Å². The molecule has 7 nitrogen and oxygen atoms in total. The van der Waals surface area contributed by atoms with Crippen molar-refractivity contribution in [1.29, 1.82) is 0 Å². The number of anilines is 2. The topological polar surface area (TPSA) is 71.8 Å². The summed E-state index contributed by atoms with van der Waals surface area (Å²) >= 11 is 0. The zero-order valence-electron chi connectivity index (χ0n) is 16.3. The molecule has 0 saturated heterocycles. The second-order valence-electron chi connectivity index (χ2n) is 7.18. The van der Waals surface area contributed by atoms with E-state index in [0.717, 1.165) is 30.0 Å². The molecule has 5 rings (SSSR count). The number of benzene rings is 2. The Bertz CT molecular complexity index is 1170. The molecule has 0 aliphatic carbocycles. The highest BCUT2D eigenvalue weighted by Gasteiger charge is 2.30. The Hall–Kier alpha value is -3.61. The second kappa shape index (κ2) is 6.77. The zero-order valence-corrected chi connectivity index (χ0v) is 16.3. The standard InChI is InChI=1S/C22H21N5O2/c1-14-13-19(28)27-20(16-7-9-17(29-2)10-8-16)24-21(25-22(27)23-14)26-12-11-15-5-3-4-6-18(15)26/h3-10,13,20H,11-12H2,1-2H3,(H,23,24,25). The number of nitrogens with one attached hydrogen (secondary N) is 1. The minimum atomic E-state index is -0.500. The molecular weight excluding hydrogens is 366 g/mol. The maximum Gasteiger partial charge on any atom is 0.257 e. The van der Waals surface area contributed by atoms with E-state index in [0.29, 0.717) is 17.6 Å². The first-order valence-corrected chi connectivity index (χ1v) is 9.58. The highest BCUT2D eigenvalue weighted by molar-refractivity contribution is 6.06. The molecule has 1 unspecified atom stereocenters. The lowest BCUT2D eigenvalue weighted by Crippen LogP contribution is -2.43. The molecule has 0 bridgehead atoms. The van der Waals surface area contributed by atoms with Crippen LogP contribution in [0.25, 0.3) is 0 Å². The second-order valence-corrected chi connectivity index (χ2v) is 7.18. The van der Waals surface area contributed by atoms with Crippen LogP contribution in [0.5, 0.6) is 5.75 Å². The average molecular weight is 387 g/mol. The highest BCUT2D eigenvalue weighted by Crippen LogP contribution is 2.32. The lowest BCUT2D eigenvalue weighted by atomic mass is 10.1. The number of aromatic nitrogens is 2. The van der Waals surface area contributed by atoms with Crippen LogP contribution < -0.4 is 20.5 Å². The molecule has 2 aliphatic heterocycles. The number of fused-ring (bicyclic) bond motifs is 2. The summed E-state index contributed by atoms with van der Waals surface area (Å²) in [5, 5.41) is 3.29. The lowest BCUT2D eigenvalue weighted by Gasteiger charge is -2.31. The van der Waals surface area contributed by atoms with Crippen molar-refractivity contribution in [1.82, 2.24) is 9.55 Å². The number of ether oxygens (including phenoxy) is 1. The van der Waals surface area contributed by atoms with E-state index in [1.54, 1.807) is 11.7 Å². The molecule has 0 amide bonds. The van der Waals surface area contributed by atoms with Gasteiger partial charge in [-0.1, -0.05) is 30.3 Å².